The van der Waals surface area contributed by atoms with Crippen LogP contribution in [0.25, 0.3) is 0 Å². The Balaban J connectivity index is 1.68. The van der Waals surface area contributed by atoms with Gasteiger partial charge in [-0.1, -0.05) is 36.8 Å². The summed E-state index contributed by atoms with van der Waals surface area (Å²) in [5.74, 6) is -1.38. The monoisotopic (exact) mass is 408 g/mol. The fourth-order valence-electron chi connectivity index (χ4n) is 3.60. The maximum atomic E-state index is 14.0. The van der Waals surface area contributed by atoms with Crippen molar-refractivity contribution < 1.29 is 14.0 Å². The first-order chi connectivity index (χ1) is 14.1. The van der Waals surface area contributed by atoms with E-state index in [1.807, 2.05) is 30.3 Å². The van der Waals surface area contributed by atoms with Crippen LogP contribution in [0.1, 0.15) is 50.4 Å². The number of aryl methyl sites for hydroxylation is 1. The van der Waals surface area contributed by atoms with Crippen molar-refractivity contribution in [1.29, 1.82) is 0 Å². The van der Waals surface area contributed by atoms with E-state index in [0.29, 0.717) is 16.3 Å². The molecule has 1 heterocycles. The SMILES string of the molecule is O=C(Nc1sc2c(c1C(=O)Nc1ccccc1)CCCCC2)c1ccccc1F. The van der Waals surface area contributed by atoms with E-state index in [-0.39, 0.29) is 11.5 Å². The van der Waals surface area contributed by atoms with E-state index in [4.69, 9.17) is 0 Å². The molecule has 0 atom stereocenters. The number of carbonyl (C=O) groups is 2. The van der Waals surface area contributed by atoms with Gasteiger partial charge in [0.15, 0.2) is 0 Å². The third-order valence-corrected chi connectivity index (χ3v) is 6.23. The molecule has 4 rings (SSSR count). The standard InChI is InChI=1S/C23H21FN2O2S/c24-18-13-8-7-11-16(18)21(27)26-23-20(17-12-5-2-6-14-19(17)29-23)22(28)25-15-9-3-1-4-10-15/h1,3-4,7-11,13H,2,5-6,12,14H2,(H,25,28)(H,26,27). The van der Waals surface area contributed by atoms with Gasteiger partial charge in [0.05, 0.1) is 11.1 Å². The maximum absolute atomic E-state index is 14.0. The molecule has 0 aliphatic heterocycles. The Labute approximate surface area is 172 Å². The second-order valence-corrected chi connectivity index (χ2v) is 8.13. The van der Waals surface area contributed by atoms with Gasteiger partial charge in [-0.2, -0.15) is 0 Å². The van der Waals surface area contributed by atoms with Crippen LogP contribution < -0.4 is 10.6 Å². The third kappa shape index (κ3) is 4.22. The molecule has 2 N–H and O–H groups in total. The minimum atomic E-state index is -0.585. The van der Waals surface area contributed by atoms with Gasteiger partial charge in [0.2, 0.25) is 0 Å². The Morgan fingerprint density at radius 1 is 0.828 bits per heavy atom. The Morgan fingerprint density at radius 3 is 2.34 bits per heavy atom. The molecule has 4 nitrogen and oxygen atoms in total. The quantitative estimate of drug-likeness (QED) is 0.547. The zero-order chi connectivity index (χ0) is 20.2. The van der Waals surface area contributed by atoms with E-state index >= 15 is 0 Å². The van der Waals surface area contributed by atoms with Gasteiger partial charge in [-0.15, -0.1) is 11.3 Å². The predicted molar refractivity (Wildman–Crippen MR) is 114 cm³/mol. The number of rotatable bonds is 4. The van der Waals surface area contributed by atoms with E-state index in [2.05, 4.69) is 10.6 Å². The summed E-state index contributed by atoms with van der Waals surface area (Å²) < 4.78 is 14.0. The molecule has 1 aliphatic rings. The second-order valence-electron chi connectivity index (χ2n) is 7.02. The van der Waals surface area contributed by atoms with Crippen molar-refractivity contribution in [2.24, 2.45) is 0 Å². The minimum Gasteiger partial charge on any atom is -0.322 e. The first kappa shape index (κ1) is 19.3. The number of amides is 2. The first-order valence-corrected chi connectivity index (χ1v) is 10.5. The molecule has 0 saturated carbocycles. The van der Waals surface area contributed by atoms with E-state index in [9.17, 15) is 14.0 Å². The second kappa shape index (κ2) is 8.57. The lowest BCUT2D eigenvalue weighted by molar-refractivity contribution is 0.102. The Kier molecular flexibility index (Phi) is 5.71. The average molecular weight is 408 g/mol. The number of hydrogen-bond acceptors (Lipinski definition) is 3. The number of carbonyl (C=O) groups excluding carboxylic acids is 2. The largest absolute Gasteiger partial charge is 0.322 e. The lowest BCUT2D eigenvalue weighted by atomic mass is 10.0. The third-order valence-electron chi connectivity index (χ3n) is 5.03. The lowest BCUT2D eigenvalue weighted by Crippen LogP contribution is -2.18. The molecular formula is C23H21FN2O2S. The van der Waals surface area contributed by atoms with Crippen molar-refractivity contribution in [3.8, 4) is 0 Å². The van der Waals surface area contributed by atoms with Crippen LogP contribution in [0.4, 0.5) is 15.1 Å². The molecule has 0 bridgehead atoms. The van der Waals surface area contributed by atoms with Crippen LogP contribution in [0.5, 0.6) is 0 Å². The Hall–Kier alpha value is -2.99. The number of thiophene rings is 1. The predicted octanol–water partition coefficient (Wildman–Crippen LogP) is 5.66. The molecule has 3 aromatic rings. The molecule has 0 fully saturated rings. The van der Waals surface area contributed by atoms with E-state index in [1.165, 1.54) is 29.5 Å². The van der Waals surface area contributed by atoms with Gasteiger partial charge in [0.1, 0.15) is 10.8 Å². The molecule has 2 aromatic carbocycles. The highest BCUT2D eigenvalue weighted by Crippen LogP contribution is 2.38. The van der Waals surface area contributed by atoms with E-state index in [1.54, 1.807) is 6.07 Å². The zero-order valence-corrected chi connectivity index (χ0v) is 16.7. The van der Waals surface area contributed by atoms with Gasteiger partial charge >= 0.3 is 0 Å². The van der Waals surface area contributed by atoms with Crippen LogP contribution in [-0.2, 0) is 12.8 Å². The van der Waals surface area contributed by atoms with Crippen LogP contribution >= 0.6 is 11.3 Å². The van der Waals surface area contributed by atoms with Crippen molar-refractivity contribution in [3.63, 3.8) is 0 Å². The van der Waals surface area contributed by atoms with E-state index < -0.39 is 11.7 Å². The smallest absolute Gasteiger partial charge is 0.259 e. The summed E-state index contributed by atoms with van der Waals surface area (Å²) in [5, 5.41) is 6.20. The van der Waals surface area contributed by atoms with E-state index in [0.717, 1.165) is 42.5 Å². The van der Waals surface area contributed by atoms with Gasteiger partial charge in [-0.3, -0.25) is 9.59 Å². The summed E-state index contributed by atoms with van der Waals surface area (Å²) in [7, 11) is 0. The minimum absolute atomic E-state index is 0.0366. The average Bonchev–Trinajstić information content (AvgIpc) is 2.89. The Bertz CT molecular complexity index is 1050. The number of benzene rings is 2. The summed E-state index contributed by atoms with van der Waals surface area (Å²) in [4.78, 5) is 26.9. The molecule has 0 spiro atoms. The topological polar surface area (TPSA) is 58.2 Å². The first-order valence-electron chi connectivity index (χ1n) is 9.70. The van der Waals surface area contributed by atoms with Gasteiger partial charge in [-0.05, 0) is 55.5 Å². The number of hydrogen-bond donors (Lipinski definition) is 2. The summed E-state index contributed by atoms with van der Waals surface area (Å²) >= 11 is 1.43. The molecule has 0 saturated heterocycles. The van der Waals surface area contributed by atoms with Gasteiger partial charge in [-0.25, -0.2) is 4.39 Å². The van der Waals surface area contributed by atoms with Crippen molar-refractivity contribution in [2.45, 2.75) is 32.1 Å². The summed E-state index contributed by atoms with van der Waals surface area (Å²) in [6.07, 6.45) is 4.89. The highest BCUT2D eigenvalue weighted by atomic mass is 32.1. The van der Waals surface area contributed by atoms with Crippen LogP contribution in [0.2, 0.25) is 0 Å². The van der Waals surface area contributed by atoms with Crippen LogP contribution in [0.3, 0.4) is 0 Å². The van der Waals surface area contributed by atoms with Crippen molar-refractivity contribution >= 4 is 33.8 Å². The molecule has 6 heteroatoms. The molecule has 0 unspecified atom stereocenters. The van der Waals surface area contributed by atoms with Crippen LogP contribution in [0, 0.1) is 5.82 Å². The Morgan fingerprint density at radius 2 is 1.55 bits per heavy atom. The van der Waals surface area contributed by atoms with Crippen LogP contribution in [-0.4, -0.2) is 11.8 Å². The number of para-hydroxylation sites is 1. The highest BCUT2D eigenvalue weighted by molar-refractivity contribution is 7.17. The number of nitrogens with one attached hydrogen (secondary N) is 2. The maximum Gasteiger partial charge on any atom is 0.259 e. The molecule has 29 heavy (non-hydrogen) atoms. The molecule has 148 valence electrons. The molecule has 1 aromatic heterocycles. The number of anilines is 2. The normalized spacial score (nSPS) is 13.3. The number of fused-ring (bicyclic) bond motifs is 1. The molecule has 0 radical (unpaired) electrons. The highest BCUT2D eigenvalue weighted by Gasteiger charge is 2.26. The zero-order valence-electron chi connectivity index (χ0n) is 15.8. The summed E-state index contributed by atoms with van der Waals surface area (Å²) in [6, 6.07) is 15.1. The van der Waals surface area contributed by atoms with Crippen molar-refractivity contribution in [3.05, 3.63) is 82.0 Å². The molecule has 1 aliphatic carbocycles. The van der Waals surface area contributed by atoms with Crippen molar-refractivity contribution in [2.75, 3.05) is 10.6 Å². The fourth-order valence-corrected chi connectivity index (χ4v) is 4.88. The van der Waals surface area contributed by atoms with Crippen molar-refractivity contribution in [1.82, 2.24) is 0 Å². The van der Waals surface area contributed by atoms with Gasteiger partial charge < -0.3 is 10.6 Å². The van der Waals surface area contributed by atoms with Gasteiger partial charge in [0, 0.05) is 10.6 Å². The summed E-state index contributed by atoms with van der Waals surface area (Å²) in [5.41, 5.74) is 2.16. The van der Waals surface area contributed by atoms with Crippen LogP contribution in [0.15, 0.2) is 54.6 Å². The lowest BCUT2D eigenvalue weighted by Gasteiger charge is -2.10. The number of halogens is 1. The van der Waals surface area contributed by atoms with Gasteiger partial charge in [0.25, 0.3) is 11.8 Å². The fraction of sp³-hybridized carbons (Fsp3) is 0.217. The summed E-state index contributed by atoms with van der Waals surface area (Å²) in [6.45, 7) is 0. The molecular weight excluding hydrogens is 387 g/mol. The molecule has 2 amide bonds.